The van der Waals surface area contributed by atoms with E-state index in [0.717, 1.165) is 38.5 Å². The summed E-state index contributed by atoms with van der Waals surface area (Å²) in [6.07, 6.45) is 2.43. The molecular weight excluding hydrogens is 212 g/mol. The molecule has 1 fully saturated rings. The molecule has 0 radical (unpaired) electrons. The molecular formula is C14H22N2O. The highest BCUT2D eigenvalue weighted by Crippen LogP contribution is 2.20. The zero-order valence-electron chi connectivity index (χ0n) is 10.6. The summed E-state index contributed by atoms with van der Waals surface area (Å²) < 4.78 is 5.46. The van der Waals surface area contributed by atoms with Crippen LogP contribution in [0.15, 0.2) is 24.3 Å². The summed E-state index contributed by atoms with van der Waals surface area (Å²) in [5, 5.41) is 3.44. The van der Waals surface area contributed by atoms with Crippen LogP contribution >= 0.6 is 0 Å². The molecule has 94 valence electrons. The third-order valence-corrected chi connectivity index (χ3v) is 3.08. The van der Waals surface area contributed by atoms with Crippen molar-refractivity contribution >= 4 is 5.69 Å². The molecule has 1 saturated heterocycles. The van der Waals surface area contributed by atoms with E-state index >= 15 is 0 Å². The highest BCUT2D eigenvalue weighted by Gasteiger charge is 2.08. The van der Waals surface area contributed by atoms with Crippen LogP contribution in [0.25, 0.3) is 0 Å². The Labute approximate surface area is 104 Å². The lowest BCUT2D eigenvalue weighted by molar-refractivity contribution is 0.340. The van der Waals surface area contributed by atoms with Crippen molar-refractivity contribution in [2.45, 2.75) is 19.8 Å². The minimum Gasteiger partial charge on any atom is -0.494 e. The van der Waals surface area contributed by atoms with Gasteiger partial charge in [0.15, 0.2) is 0 Å². The van der Waals surface area contributed by atoms with Crippen LogP contribution < -0.4 is 15.0 Å². The number of nitrogens with zero attached hydrogens (tertiary/aromatic N) is 1. The van der Waals surface area contributed by atoms with Gasteiger partial charge < -0.3 is 15.0 Å². The predicted molar refractivity (Wildman–Crippen MR) is 71.9 cm³/mol. The summed E-state index contributed by atoms with van der Waals surface area (Å²) in [6.45, 7) is 7.29. The topological polar surface area (TPSA) is 24.5 Å². The Balaban J connectivity index is 1.99. The summed E-state index contributed by atoms with van der Waals surface area (Å²) in [4.78, 5) is 2.47. The highest BCUT2D eigenvalue weighted by atomic mass is 16.5. The molecule has 17 heavy (non-hydrogen) atoms. The van der Waals surface area contributed by atoms with Crippen molar-refractivity contribution < 1.29 is 4.74 Å². The monoisotopic (exact) mass is 234 g/mol. The lowest BCUT2D eigenvalue weighted by atomic mass is 10.2. The molecule has 1 aliphatic rings. The Bertz CT molecular complexity index is 315. The molecule has 1 aromatic carbocycles. The van der Waals surface area contributed by atoms with E-state index in [0.29, 0.717) is 0 Å². The van der Waals surface area contributed by atoms with Crippen LogP contribution in [-0.2, 0) is 0 Å². The largest absolute Gasteiger partial charge is 0.494 e. The van der Waals surface area contributed by atoms with Crippen molar-refractivity contribution in [3.8, 4) is 5.75 Å². The fourth-order valence-electron chi connectivity index (χ4n) is 2.20. The van der Waals surface area contributed by atoms with Gasteiger partial charge in [-0.2, -0.15) is 0 Å². The van der Waals surface area contributed by atoms with E-state index in [2.05, 4.69) is 34.5 Å². The molecule has 0 saturated carbocycles. The molecule has 2 rings (SSSR count). The van der Waals surface area contributed by atoms with Crippen LogP contribution in [0.5, 0.6) is 5.75 Å². The quantitative estimate of drug-likeness (QED) is 0.868. The van der Waals surface area contributed by atoms with Crippen molar-refractivity contribution in [3.63, 3.8) is 0 Å². The molecule has 1 aromatic rings. The zero-order chi connectivity index (χ0) is 11.9. The molecule has 0 unspecified atom stereocenters. The number of hydrogen-bond acceptors (Lipinski definition) is 3. The first-order chi connectivity index (χ1) is 8.40. The molecule has 3 heteroatoms. The van der Waals surface area contributed by atoms with Crippen molar-refractivity contribution in [3.05, 3.63) is 24.3 Å². The second-order valence-corrected chi connectivity index (χ2v) is 4.37. The minimum absolute atomic E-state index is 0.731. The number of benzene rings is 1. The van der Waals surface area contributed by atoms with Gasteiger partial charge in [-0.25, -0.2) is 0 Å². The average Bonchev–Trinajstić information content (AvgIpc) is 2.30. The standard InChI is InChI=1S/C14H22N2O/c1-2-17-14-7-5-13(6-8-14)16-11-3-9-15-10-4-12-16/h5-8,15H,2-4,9-12H2,1H3. The Morgan fingerprint density at radius 2 is 1.76 bits per heavy atom. The number of nitrogens with one attached hydrogen (secondary N) is 1. The number of anilines is 1. The van der Waals surface area contributed by atoms with Crippen LogP contribution in [0.4, 0.5) is 5.69 Å². The second-order valence-electron chi connectivity index (χ2n) is 4.37. The summed E-state index contributed by atoms with van der Waals surface area (Å²) in [5.41, 5.74) is 1.32. The molecule has 0 aromatic heterocycles. The van der Waals surface area contributed by atoms with Crippen LogP contribution in [0, 0.1) is 0 Å². The maximum Gasteiger partial charge on any atom is 0.119 e. The molecule has 1 aliphatic heterocycles. The van der Waals surface area contributed by atoms with E-state index in [-0.39, 0.29) is 0 Å². The van der Waals surface area contributed by atoms with Gasteiger partial charge in [-0.1, -0.05) is 0 Å². The number of rotatable bonds is 3. The summed E-state index contributed by atoms with van der Waals surface area (Å²) in [6, 6.07) is 8.46. The third-order valence-electron chi connectivity index (χ3n) is 3.08. The zero-order valence-corrected chi connectivity index (χ0v) is 10.6. The van der Waals surface area contributed by atoms with Crippen LogP contribution in [-0.4, -0.2) is 32.8 Å². The molecule has 0 aliphatic carbocycles. The fourth-order valence-corrected chi connectivity index (χ4v) is 2.20. The first kappa shape index (κ1) is 12.2. The summed E-state index contributed by atoms with van der Waals surface area (Å²) >= 11 is 0. The Morgan fingerprint density at radius 1 is 1.12 bits per heavy atom. The van der Waals surface area contributed by atoms with Crippen molar-refractivity contribution in [2.75, 3.05) is 37.7 Å². The van der Waals surface area contributed by atoms with Crippen molar-refractivity contribution in [1.82, 2.24) is 5.32 Å². The summed E-state index contributed by atoms with van der Waals surface area (Å²) in [7, 11) is 0. The average molecular weight is 234 g/mol. The maximum atomic E-state index is 5.46. The molecule has 1 N–H and O–H groups in total. The lowest BCUT2D eigenvalue weighted by Crippen LogP contribution is -2.33. The maximum absolute atomic E-state index is 5.46. The van der Waals surface area contributed by atoms with Gasteiger partial charge in [-0.15, -0.1) is 0 Å². The van der Waals surface area contributed by atoms with Gasteiger partial charge in [-0.05, 0) is 57.1 Å². The molecule has 0 spiro atoms. The van der Waals surface area contributed by atoms with Crippen LogP contribution in [0.3, 0.4) is 0 Å². The van der Waals surface area contributed by atoms with Gasteiger partial charge in [-0.3, -0.25) is 0 Å². The predicted octanol–water partition coefficient (Wildman–Crippen LogP) is 2.28. The van der Waals surface area contributed by atoms with Gasteiger partial charge in [0.1, 0.15) is 5.75 Å². The smallest absolute Gasteiger partial charge is 0.119 e. The molecule has 0 bridgehead atoms. The van der Waals surface area contributed by atoms with Gasteiger partial charge in [0.25, 0.3) is 0 Å². The summed E-state index contributed by atoms with van der Waals surface area (Å²) in [5.74, 6) is 0.963. The fraction of sp³-hybridized carbons (Fsp3) is 0.571. The molecule has 0 amide bonds. The molecule has 3 nitrogen and oxygen atoms in total. The molecule has 0 atom stereocenters. The second kappa shape index (κ2) is 6.50. The lowest BCUT2D eigenvalue weighted by Gasteiger charge is -2.27. The van der Waals surface area contributed by atoms with Crippen molar-refractivity contribution in [1.29, 1.82) is 0 Å². The minimum atomic E-state index is 0.731. The van der Waals surface area contributed by atoms with Crippen LogP contribution in [0.1, 0.15) is 19.8 Å². The van der Waals surface area contributed by atoms with E-state index < -0.39 is 0 Å². The number of ether oxygens (including phenoxy) is 1. The first-order valence-corrected chi connectivity index (χ1v) is 6.58. The molecule has 1 heterocycles. The SMILES string of the molecule is CCOc1ccc(N2CCCNCCC2)cc1. The van der Waals surface area contributed by atoms with Gasteiger partial charge >= 0.3 is 0 Å². The first-order valence-electron chi connectivity index (χ1n) is 6.58. The van der Waals surface area contributed by atoms with E-state index in [1.54, 1.807) is 0 Å². The van der Waals surface area contributed by atoms with Crippen LogP contribution in [0.2, 0.25) is 0 Å². The van der Waals surface area contributed by atoms with E-state index in [4.69, 9.17) is 4.74 Å². The highest BCUT2D eigenvalue weighted by molar-refractivity contribution is 5.49. The Kier molecular flexibility index (Phi) is 4.68. The Hall–Kier alpha value is -1.22. The van der Waals surface area contributed by atoms with E-state index in [9.17, 15) is 0 Å². The Morgan fingerprint density at radius 3 is 2.35 bits per heavy atom. The van der Waals surface area contributed by atoms with E-state index in [1.165, 1.54) is 18.5 Å². The normalized spacial score (nSPS) is 17.4. The van der Waals surface area contributed by atoms with Gasteiger partial charge in [0, 0.05) is 18.8 Å². The third kappa shape index (κ3) is 3.63. The van der Waals surface area contributed by atoms with Gasteiger partial charge in [0.2, 0.25) is 0 Å². The van der Waals surface area contributed by atoms with Crippen molar-refractivity contribution in [2.24, 2.45) is 0 Å². The van der Waals surface area contributed by atoms with Gasteiger partial charge in [0.05, 0.1) is 6.61 Å². The number of hydrogen-bond donors (Lipinski definition) is 1. The van der Waals surface area contributed by atoms with E-state index in [1.807, 2.05) is 6.92 Å².